The van der Waals surface area contributed by atoms with E-state index < -0.39 is 0 Å². The van der Waals surface area contributed by atoms with E-state index in [0.29, 0.717) is 52.7 Å². The predicted octanol–water partition coefficient (Wildman–Crippen LogP) is 1.96. The Labute approximate surface area is 242 Å². The van der Waals surface area contributed by atoms with E-state index in [-0.39, 0.29) is 25.0 Å². The van der Waals surface area contributed by atoms with Crippen LogP contribution in [0, 0.1) is 0 Å². The molecule has 40 heavy (non-hydrogen) atoms. The van der Waals surface area contributed by atoms with E-state index in [4.69, 9.17) is 18.9 Å². The fourth-order valence-corrected chi connectivity index (χ4v) is 4.32. The highest BCUT2D eigenvalue weighted by atomic mass is 16.5. The van der Waals surface area contributed by atoms with Gasteiger partial charge in [0.2, 0.25) is 11.8 Å². The van der Waals surface area contributed by atoms with Crippen molar-refractivity contribution in [3.05, 3.63) is 35.4 Å². The first kappa shape index (κ1) is 35.9. The molecule has 0 aromatic heterocycles. The molecule has 10 nitrogen and oxygen atoms in total. The Morgan fingerprint density at radius 1 is 0.625 bits per heavy atom. The fraction of sp³-hybridized carbons (Fsp3) is 0.733. The molecule has 0 aliphatic carbocycles. The smallest absolute Gasteiger partial charge is 0.246 e. The Morgan fingerprint density at radius 2 is 0.975 bits per heavy atom. The summed E-state index contributed by atoms with van der Waals surface area (Å²) in [5.41, 5.74) is 2.61. The maximum atomic E-state index is 11.9. The fourth-order valence-electron chi connectivity index (χ4n) is 4.32. The Hall–Kier alpha value is -2.08. The summed E-state index contributed by atoms with van der Waals surface area (Å²) in [6.45, 7) is 12.3. The largest absolute Gasteiger partial charge is 0.379 e. The van der Waals surface area contributed by atoms with Gasteiger partial charge in [-0.05, 0) is 13.8 Å². The number of amides is 2. The number of quaternary nitrogens is 2. The van der Waals surface area contributed by atoms with Crippen LogP contribution in [0.15, 0.2) is 24.3 Å². The molecule has 1 rings (SSSR count). The maximum absolute atomic E-state index is 11.9. The molecule has 0 radical (unpaired) electrons. The van der Waals surface area contributed by atoms with Gasteiger partial charge >= 0.3 is 0 Å². The number of nitrogens with one attached hydrogen (secondary N) is 2. The molecule has 230 valence electrons. The lowest BCUT2D eigenvalue weighted by molar-refractivity contribution is -0.904. The monoisotopic (exact) mass is 568 g/mol. The number of benzene rings is 1. The molecule has 0 bridgehead atoms. The van der Waals surface area contributed by atoms with Gasteiger partial charge in [-0.15, -0.1) is 0 Å². The lowest BCUT2D eigenvalue weighted by Gasteiger charge is -2.31. The Morgan fingerprint density at radius 3 is 1.32 bits per heavy atom. The van der Waals surface area contributed by atoms with Gasteiger partial charge in [0.05, 0.1) is 67.7 Å². The third-order valence-electron chi connectivity index (χ3n) is 6.39. The molecule has 0 saturated carbocycles. The van der Waals surface area contributed by atoms with Gasteiger partial charge in [0.25, 0.3) is 0 Å². The van der Waals surface area contributed by atoms with E-state index in [9.17, 15) is 9.59 Å². The minimum absolute atomic E-state index is 0.0783. The second-order valence-electron chi connectivity index (χ2n) is 11.4. The van der Waals surface area contributed by atoms with Gasteiger partial charge < -0.3 is 38.5 Å². The van der Waals surface area contributed by atoms with Crippen LogP contribution in [0.1, 0.15) is 37.8 Å². The van der Waals surface area contributed by atoms with E-state index in [2.05, 4.69) is 63.1 Å². The molecule has 0 spiro atoms. The van der Waals surface area contributed by atoms with Crippen LogP contribution in [-0.4, -0.2) is 128 Å². The second-order valence-corrected chi connectivity index (χ2v) is 11.4. The molecule has 10 heteroatoms. The molecular weight excluding hydrogens is 512 g/mol. The van der Waals surface area contributed by atoms with Crippen LogP contribution >= 0.6 is 0 Å². The number of hydrogen-bond donors (Lipinski definition) is 2. The van der Waals surface area contributed by atoms with Crippen molar-refractivity contribution in [1.29, 1.82) is 0 Å². The molecule has 0 aliphatic rings. The summed E-state index contributed by atoms with van der Waals surface area (Å²) in [6, 6.07) is 8.90. The van der Waals surface area contributed by atoms with E-state index in [1.807, 2.05) is 13.8 Å². The van der Waals surface area contributed by atoms with Gasteiger partial charge in [-0.25, -0.2) is 0 Å². The van der Waals surface area contributed by atoms with E-state index in [0.717, 1.165) is 48.0 Å². The zero-order valence-electron chi connectivity index (χ0n) is 26.0. The second kappa shape index (κ2) is 20.7. The quantitative estimate of drug-likeness (QED) is 0.146. The van der Waals surface area contributed by atoms with Gasteiger partial charge in [-0.2, -0.15) is 0 Å². The Bertz CT molecular complexity index is 750. The normalized spacial score (nSPS) is 11.9. The number of nitrogens with zero attached hydrogens (tertiary/aromatic N) is 2. The lowest BCUT2D eigenvalue weighted by Crippen LogP contribution is -2.41. The van der Waals surface area contributed by atoms with Gasteiger partial charge in [0.1, 0.15) is 26.3 Å². The highest BCUT2D eigenvalue weighted by molar-refractivity contribution is 5.77. The zero-order chi connectivity index (χ0) is 29.7. The van der Waals surface area contributed by atoms with Crippen molar-refractivity contribution in [3.8, 4) is 0 Å². The Kier molecular flexibility index (Phi) is 18.6. The molecule has 1 aromatic carbocycles. The highest BCUT2D eigenvalue weighted by Crippen LogP contribution is 2.15. The molecule has 0 saturated heterocycles. The molecule has 2 N–H and O–H groups in total. The van der Waals surface area contributed by atoms with Crippen molar-refractivity contribution in [2.75, 3.05) is 107 Å². The average molecular weight is 569 g/mol. The minimum atomic E-state index is -0.0813. The predicted molar refractivity (Wildman–Crippen MR) is 158 cm³/mol. The zero-order valence-corrected chi connectivity index (χ0v) is 26.0. The number of carbonyl (C=O) groups excluding carboxylic acids is 2. The molecule has 0 aliphatic heterocycles. The minimum Gasteiger partial charge on any atom is -0.379 e. The topological polar surface area (TPSA) is 95.1 Å². The number of carbonyl (C=O) groups is 2. The molecule has 2 amide bonds. The van der Waals surface area contributed by atoms with Crippen molar-refractivity contribution >= 4 is 11.8 Å². The first-order valence-electron chi connectivity index (χ1n) is 14.6. The van der Waals surface area contributed by atoms with Crippen LogP contribution in [-0.2, 0) is 41.6 Å². The summed E-state index contributed by atoms with van der Waals surface area (Å²) < 4.78 is 22.7. The highest BCUT2D eigenvalue weighted by Gasteiger charge is 2.18. The summed E-state index contributed by atoms with van der Waals surface area (Å²) in [5, 5.41) is 5.86. The molecule has 0 fully saturated rings. The van der Waals surface area contributed by atoms with Crippen LogP contribution in [0.2, 0.25) is 0 Å². The van der Waals surface area contributed by atoms with Crippen molar-refractivity contribution in [2.45, 2.75) is 39.8 Å². The molecular formula is C30H56N4O6+2. The van der Waals surface area contributed by atoms with Crippen molar-refractivity contribution < 1.29 is 37.5 Å². The van der Waals surface area contributed by atoms with Crippen LogP contribution < -0.4 is 10.6 Å². The summed E-state index contributed by atoms with van der Waals surface area (Å²) >= 11 is 0. The van der Waals surface area contributed by atoms with E-state index in [1.165, 1.54) is 11.1 Å². The molecule has 0 heterocycles. The lowest BCUT2D eigenvalue weighted by atomic mass is 10.1. The number of rotatable bonds is 24. The SMILES string of the molecule is CCOCCOCC(=O)NCCC[N+](C)(C)Cc1ccc(C[N+](C)(C)CCCNC(=O)COCCOCC)cc1. The van der Waals surface area contributed by atoms with Gasteiger partial charge in [0, 0.05) is 50.3 Å². The molecule has 1 aromatic rings. The summed E-state index contributed by atoms with van der Waals surface area (Å²) in [6.07, 6.45) is 1.81. The van der Waals surface area contributed by atoms with E-state index >= 15 is 0 Å². The maximum Gasteiger partial charge on any atom is 0.246 e. The van der Waals surface area contributed by atoms with Crippen molar-refractivity contribution in [3.63, 3.8) is 0 Å². The summed E-state index contributed by atoms with van der Waals surface area (Å²) in [7, 11) is 8.88. The summed E-state index contributed by atoms with van der Waals surface area (Å²) in [5.74, 6) is -0.163. The van der Waals surface area contributed by atoms with Gasteiger partial charge in [-0.3, -0.25) is 9.59 Å². The summed E-state index contributed by atoms with van der Waals surface area (Å²) in [4.78, 5) is 23.8. The first-order valence-corrected chi connectivity index (χ1v) is 14.6. The number of hydrogen-bond acceptors (Lipinski definition) is 6. The van der Waals surface area contributed by atoms with Gasteiger partial charge in [0.15, 0.2) is 0 Å². The Balaban J connectivity index is 2.27. The number of ether oxygens (including phenoxy) is 4. The van der Waals surface area contributed by atoms with Gasteiger partial charge in [-0.1, -0.05) is 24.3 Å². The van der Waals surface area contributed by atoms with Crippen LogP contribution in [0.3, 0.4) is 0 Å². The van der Waals surface area contributed by atoms with Crippen molar-refractivity contribution in [1.82, 2.24) is 10.6 Å². The molecule has 0 unspecified atom stereocenters. The van der Waals surface area contributed by atoms with Crippen LogP contribution in [0.25, 0.3) is 0 Å². The molecule has 0 atom stereocenters. The standard InChI is InChI=1S/C30H54N4O6/c1-7-37-19-21-39-25-29(35)31-15-9-17-33(3,4)23-27-11-13-28(14-12-27)24-34(5,6)18-10-16-32-30(36)26-40-22-20-38-8-2/h11-14H,7-10,15-26H2,1-6H3/p+2. The van der Waals surface area contributed by atoms with Crippen LogP contribution in [0.4, 0.5) is 0 Å². The first-order chi connectivity index (χ1) is 19.1. The average Bonchev–Trinajstić information content (AvgIpc) is 2.90. The van der Waals surface area contributed by atoms with E-state index in [1.54, 1.807) is 0 Å². The third kappa shape index (κ3) is 19.1. The third-order valence-corrected chi connectivity index (χ3v) is 6.39. The van der Waals surface area contributed by atoms with Crippen molar-refractivity contribution in [2.24, 2.45) is 0 Å². The van der Waals surface area contributed by atoms with Crippen LogP contribution in [0.5, 0.6) is 0 Å².